The molecule has 32 heavy (non-hydrogen) atoms. The van der Waals surface area contributed by atoms with Gasteiger partial charge >= 0.3 is 0 Å². The molecule has 7 heteroatoms. The Kier molecular flexibility index (Phi) is 8.32. The second-order valence-corrected chi connectivity index (χ2v) is 8.01. The first-order valence-electron chi connectivity index (χ1n) is 9.69. The SMILES string of the molecule is COc1cc(/C=C(\C#N)C(=O)NCc2ccccc2)cc(Br)c1OCc1ccccc1Cl. The van der Waals surface area contributed by atoms with Gasteiger partial charge in [-0.3, -0.25) is 4.79 Å². The molecule has 3 aromatic rings. The van der Waals surface area contributed by atoms with Gasteiger partial charge in [-0.05, 0) is 51.3 Å². The van der Waals surface area contributed by atoms with Gasteiger partial charge in [0.05, 0.1) is 11.6 Å². The molecule has 0 spiro atoms. The smallest absolute Gasteiger partial charge is 0.262 e. The van der Waals surface area contributed by atoms with Gasteiger partial charge in [0.25, 0.3) is 5.91 Å². The zero-order valence-corrected chi connectivity index (χ0v) is 19.6. The van der Waals surface area contributed by atoms with Crippen LogP contribution in [0.4, 0.5) is 0 Å². The van der Waals surface area contributed by atoms with Crippen molar-refractivity contribution >= 4 is 39.5 Å². The van der Waals surface area contributed by atoms with Gasteiger partial charge < -0.3 is 14.8 Å². The van der Waals surface area contributed by atoms with Crippen LogP contribution >= 0.6 is 27.5 Å². The van der Waals surface area contributed by atoms with Gasteiger partial charge in [-0.1, -0.05) is 60.1 Å². The second-order valence-electron chi connectivity index (χ2n) is 6.75. The molecule has 0 aliphatic rings. The molecule has 0 radical (unpaired) electrons. The summed E-state index contributed by atoms with van der Waals surface area (Å²) in [5.41, 5.74) is 2.39. The highest BCUT2D eigenvalue weighted by atomic mass is 79.9. The predicted octanol–water partition coefficient (Wildman–Crippen LogP) is 5.91. The molecule has 0 heterocycles. The number of nitriles is 1. The Bertz CT molecular complexity index is 1170. The van der Waals surface area contributed by atoms with Crippen molar-refractivity contribution in [3.05, 3.63) is 98.5 Å². The van der Waals surface area contributed by atoms with E-state index in [4.69, 9.17) is 21.1 Å². The summed E-state index contributed by atoms with van der Waals surface area (Å²) in [5.74, 6) is 0.502. The maximum absolute atomic E-state index is 12.5. The fourth-order valence-corrected chi connectivity index (χ4v) is 3.68. The Labute approximate surface area is 200 Å². The van der Waals surface area contributed by atoms with Gasteiger partial charge in [0.1, 0.15) is 18.2 Å². The second kappa shape index (κ2) is 11.4. The molecule has 0 aliphatic carbocycles. The number of nitrogens with one attached hydrogen (secondary N) is 1. The van der Waals surface area contributed by atoms with Gasteiger partial charge in [-0.2, -0.15) is 5.26 Å². The number of nitrogens with zero attached hydrogens (tertiary/aromatic N) is 1. The summed E-state index contributed by atoms with van der Waals surface area (Å²) < 4.78 is 12.0. The van der Waals surface area contributed by atoms with E-state index in [2.05, 4.69) is 21.2 Å². The first-order valence-corrected chi connectivity index (χ1v) is 10.9. The zero-order valence-electron chi connectivity index (χ0n) is 17.3. The van der Waals surface area contributed by atoms with Crippen LogP contribution in [0, 0.1) is 11.3 Å². The molecule has 0 fully saturated rings. The topological polar surface area (TPSA) is 71.3 Å². The van der Waals surface area contributed by atoms with E-state index in [1.165, 1.54) is 13.2 Å². The average Bonchev–Trinajstić information content (AvgIpc) is 2.81. The molecule has 0 atom stereocenters. The number of rotatable bonds is 8. The van der Waals surface area contributed by atoms with Gasteiger partial charge in [-0.25, -0.2) is 0 Å². The van der Waals surface area contributed by atoms with E-state index in [0.29, 0.717) is 33.1 Å². The van der Waals surface area contributed by atoms with Crippen LogP contribution in [-0.2, 0) is 17.9 Å². The number of carbonyl (C=O) groups is 1. The Morgan fingerprint density at radius 2 is 1.88 bits per heavy atom. The first kappa shape index (κ1) is 23.4. The molecule has 1 amide bonds. The number of halogens is 2. The summed E-state index contributed by atoms with van der Waals surface area (Å²) >= 11 is 9.69. The van der Waals surface area contributed by atoms with Crippen molar-refractivity contribution in [2.24, 2.45) is 0 Å². The highest BCUT2D eigenvalue weighted by molar-refractivity contribution is 9.10. The highest BCUT2D eigenvalue weighted by Crippen LogP contribution is 2.38. The first-order chi connectivity index (χ1) is 15.5. The normalized spacial score (nSPS) is 10.9. The van der Waals surface area contributed by atoms with Crippen molar-refractivity contribution in [3.8, 4) is 17.6 Å². The van der Waals surface area contributed by atoms with Gasteiger partial charge in [0.2, 0.25) is 0 Å². The van der Waals surface area contributed by atoms with Gasteiger partial charge in [0.15, 0.2) is 11.5 Å². The Hall–Kier alpha value is -3.27. The summed E-state index contributed by atoms with van der Waals surface area (Å²) in [6.45, 7) is 0.593. The van der Waals surface area contributed by atoms with E-state index in [0.717, 1.165) is 11.1 Å². The fraction of sp³-hybridized carbons (Fsp3) is 0.120. The van der Waals surface area contributed by atoms with Crippen LogP contribution in [0.2, 0.25) is 5.02 Å². The molecule has 0 aromatic heterocycles. The van der Waals surface area contributed by atoms with Crippen LogP contribution in [-0.4, -0.2) is 13.0 Å². The lowest BCUT2D eigenvalue weighted by molar-refractivity contribution is -0.117. The van der Waals surface area contributed by atoms with Gasteiger partial charge in [-0.15, -0.1) is 0 Å². The highest BCUT2D eigenvalue weighted by Gasteiger charge is 2.14. The number of benzene rings is 3. The minimum atomic E-state index is -0.453. The van der Waals surface area contributed by atoms with Crippen molar-refractivity contribution in [3.63, 3.8) is 0 Å². The molecular weight excluding hydrogens is 492 g/mol. The predicted molar refractivity (Wildman–Crippen MR) is 128 cm³/mol. The van der Waals surface area contributed by atoms with Crippen molar-refractivity contribution in [2.45, 2.75) is 13.2 Å². The lowest BCUT2D eigenvalue weighted by Crippen LogP contribution is -2.23. The zero-order chi connectivity index (χ0) is 22.9. The van der Waals surface area contributed by atoms with E-state index in [-0.39, 0.29) is 12.2 Å². The van der Waals surface area contributed by atoms with E-state index >= 15 is 0 Å². The minimum absolute atomic E-state index is 0.0142. The van der Waals surface area contributed by atoms with Crippen LogP contribution < -0.4 is 14.8 Å². The van der Waals surface area contributed by atoms with Crippen molar-refractivity contribution < 1.29 is 14.3 Å². The van der Waals surface area contributed by atoms with E-state index in [1.54, 1.807) is 18.2 Å². The number of ether oxygens (including phenoxy) is 2. The third-order valence-corrected chi connectivity index (χ3v) is 5.51. The molecule has 3 aromatic carbocycles. The third-order valence-electron chi connectivity index (χ3n) is 4.55. The summed E-state index contributed by atoms with van der Waals surface area (Å²) in [6, 6.07) is 22.3. The molecule has 0 saturated heterocycles. The largest absolute Gasteiger partial charge is 0.493 e. The van der Waals surface area contributed by atoms with Gasteiger partial charge in [0, 0.05) is 17.1 Å². The maximum Gasteiger partial charge on any atom is 0.262 e. The summed E-state index contributed by atoms with van der Waals surface area (Å²) in [4.78, 5) is 12.5. The molecule has 3 rings (SSSR count). The van der Waals surface area contributed by atoms with Crippen LogP contribution in [0.5, 0.6) is 11.5 Å². The van der Waals surface area contributed by atoms with Crippen molar-refractivity contribution in [2.75, 3.05) is 7.11 Å². The quantitative estimate of drug-likeness (QED) is 0.301. The molecule has 1 N–H and O–H groups in total. The van der Waals surface area contributed by atoms with Crippen LogP contribution in [0.15, 0.2) is 76.8 Å². The lowest BCUT2D eigenvalue weighted by Gasteiger charge is -2.14. The monoisotopic (exact) mass is 510 g/mol. The number of carbonyl (C=O) groups excluding carboxylic acids is 1. The minimum Gasteiger partial charge on any atom is -0.493 e. The molecule has 0 saturated carbocycles. The Morgan fingerprint density at radius 1 is 1.16 bits per heavy atom. The molecule has 0 bridgehead atoms. The van der Waals surface area contributed by atoms with Crippen molar-refractivity contribution in [1.29, 1.82) is 5.26 Å². The van der Waals surface area contributed by atoms with Crippen LogP contribution in [0.1, 0.15) is 16.7 Å². The third kappa shape index (κ3) is 6.13. The Morgan fingerprint density at radius 3 is 2.56 bits per heavy atom. The van der Waals surface area contributed by atoms with Crippen LogP contribution in [0.25, 0.3) is 6.08 Å². The fourth-order valence-electron chi connectivity index (χ4n) is 2.92. The molecule has 5 nitrogen and oxygen atoms in total. The van der Waals surface area contributed by atoms with E-state index in [9.17, 15) is 10.1 Å². The molecule has 162 valence electrons. The Balaban J connectivity index is 1.77. The number of amides is 1. The van der Waals surface area contributed by atoms with E-state index in [1.807, 2.05) is 54.6 Å². The summed E-state index contributed by atoms with van der Waals surface area (Å²) in [6.07, 6.45) is 1.51. The summed E-state index contributed by atoms with van der Waals surface area (Å²) in [7, 11) is 1.52. The van der Waals surface area contributed by atoms with Crippen LogP contribution in [0.3, 0.4) is 0 Å². The average molecular weight is 512 g/mol. The number of hydrogen-bond donors (Lipinski definition) is 1. The standard InChI is InChI=1S/C25H20BrClN2O3/c1-31-23-13-18(11-20(14-28)25(30)29-15-17-7-3-2-4-8-17)12-21(26)24(23)32-16-19-9-5-6-10-22(19)27/h2-13H,15-16H2,1H3,(H,29,30)/b20-11+. The lowest BCUT2D eigenvalue weighted by atomic mass is 10.1. The number of methoxy groups -OCH3 is 1. The van der Waals surface area contributed by atoms with Crippen molar-refractivity contribution in [1.82, 2.24) is 5.32 Å². The molecule has 0 aliphatic heterocycles. The maximum atomic E-state index is 12.5. The van der Waals surface area contributed by atoms with E-state index < -0.39 is 5.91 Å². The molecule has 0 unspecified atom stereocenters. The number of hydrogen-bond acceptors (Lipinski definition) is 4. The summed E-state index contributed by atoms with van der Waals surface area (Å²) in [5, 5.41) is 12.9. The molecular formula is C25H20BrClN2O3.